The van der Waals surface area contributed by atoms with Crippen LogP contribution in [0.15, 0.2) is 5.38 Å². The molecule has 0 radical (unpaired) electrons. The van der Waals surface area contributed by atoms with Crippen molar-refractivity contribution in [2.75, 3.05) is 0 Å². The van der Waals surface area contributed by atoms with Crippen LogP contribution in [0.25, 0.3) is 0 Å². The van der Waals surface area contributed by atoms with Gasteiger partial charge in [0.1, 0.15) is 6.04 Å². The van der Waals surface area contributed by atoms with E-state index in [1.807, 2.05) is 12.3 Å². The van der Waals surface area contributed by atoms with E-state index in [1.165, 1.54) is 11.3 Å². The zero-order valence-corrected chi connectivity index (χ0v) is 12.9. The number of carboxylic acid groups (broad SMARTS) is 1. The van der Waals surface area contributed by atoms with E-state index in [0.29, 0.717) is 12.3 Å². The van der Waals surface area contributed by atoms with Gasteiger partial charge in [-0.25, -0.2) is 9.78 Å². The summed E-state index contributed by atoms with van der Waals surface area (Å²) in [5.41, 5.74) is 0.755. The van der Waals surface area contributed by atoms with Gasteiger partial charge in [0, 0.05) is 11.4 Å². The van der Waals surface area contributed by atoms with Crippen molar-refractivity contribution >= 4 is 23.2 Å². The highest BCUT2D eigenvalue weighted by atomic mass is 32.1. The Morgan fingerprint density at radius 3 is 2.86 bits per heavy atom. The molecule has 3 rings (SSSR count). The summed E-state index contributed by atoms with van der Waals surface area (Å²) in [6.45, 7) is 1.91. The number of likely N-dealkylation sites (tertiary alicyclic amines) is 1. The number of hydrogen-bond acceptors (Lipinski definition) is 4. The standard InChI is InChI=1S/C15H20N2O3S/c1-9-16-11(8-21-9)7-14(18)17-12-5-3-2-4-10(12)6-13(17)15(19)20/h8,10,12-13H,2-7H2,1H3,(H,19,20)/t10-,12+,13+/m1/s1. The van der Waals surface area contributed by atoms with Gasteiger partial charge in [0.2, 0.25) is 5.91 Å². The van der Waals surface area contributed by atoms with E-state index in [0.717, 1.165) is 36.4 Å². The zero-order chi connectivity index (χ0) is 15.0. The van der Waals surface area contributed by atoms with Crippen molar-refractivity contribution in [2.45, 2.75) is 57.5 Å². The quantitative estimate of drug-likeness (QED) is 0.929. The fourth-order valence-electron chi connectivity index (χ4n) is 3.77. The van der Waals surface area contributed by atoms with Crippen LogP contribution in [0, 0.1) is 12.8 Å². The van der Waals surface area contributed by atoms with Gasteiger partial charge in [-0.15, -0.1) is 11.3 Å². The number of fused-ring (bicyclic) bond motifs is 1. The molecule has 0 aromatic carbocycles. The maximum absolute atomic E-state index is 12.6. The van der Waals surface area contributed by atoms with Gasteiger partial charge in [-0.3, -0.25) is 4.79 Å². The molecule has 1 N–H and O–H groups in total. The summed E-state index contributed by atoms with van der Waals surface area (Å²) in [4.78, 5) is 30.1. The first-order valence-electron chi connectivity index (χ1n) is 7.51. The lowest BCUT2D eigenvalue weighted by Crippen LogP contribution is -2.46. The molecule has 1 saturated carbocycles. The zero-order valence-electron chi connectivity index (χ0n) is 12.1. The van der Waals surface area contributed by atoms with Crippen LogP contribution in [-0.2, 0) is 16.0 Å². The summed E-state index contributed by atoms with van der Waals surface area (Å²) in [6, 6.07) is -0.530. The van der Waals surface area contributed by atoms with Gasteiger partial charge in [0.05, 0.1) is 17.1 Å². The topological polar surface area (TPSA) is 70.5 Å². The maximum atomic E-state index is 12.6. The molecule has 1 aromatic heterocycles. The summed E-state index contributed by atoms with van der Waals surface area (Å²) >= 11 is 1.52. The van der Waals surface area contributed by atoms with Crippen LogP contribution in [-0.4, -0.2) is 39.0 Å². The molecular formula is C15H20N2O3S. The number of amides is 1. The van der Waals surface area contributed by atoms with Crippen LogP contribution < -0.4 is 0 Å². The Bertz CT molecular complexity index is 557. The highest BCUT2D eigenvalue weighted by Crippen LogP contribution is 2.40. The van der Waals surface area contributed by atoms with Gasteiger partial charge in [0.15, 0.2) is 0 Å². The third-order valence-electron chi connectivity index (χ3n) is 4.66. The van der Waals surface area contributed by atoms with Crippen molar-refractivity contribution in [1.82, 2.24) is 9.88 Å². The number of aliphatic carboxylic acids is 1. The van der Waals surface area contributed by atoms with E-state index >= 15 is 0 Å². The van der Waals surface area contributed by atoms with Crippen LogP contribution >= 0.6 is 11.3 Å². The predicted molar refractivity (Wildman–Crippen MR) is 79.2 cm³/mol. The summed E-state index contributed by atoms with van der Waals surface area (Å²) in [7, 11) is 0. The molecule has 1 saturated heterocycles. The average molecular weight is 308 g/mol. The molecule has 1 aliphatic carbocycles. The summed E-state index contributed by atoms with van der Waals surface area (Å²) in [6.07, 6.45) is 5.07. The number of aryl methyl sites for hydroxylation is 1. The van der Waals surface area contributed by atoms with Gasteiger partial charge < -0.3 is 10.0 Å². The normalized spacial score (nSPS) is 28.4. The highest BCUT2D eigenvalue weighted by Gasteiger charge is 2.47. The van der Waals surface area contributed by atoms with Crippen molar-refractivity contribution in [1.29, 1.82) is 0 Å². The second-order valence-electron chi connectivity index (χ2n) is 6.04. The Morgan fingerprint density at radius 2 is 2.19 bits per heavy atom. The van der Waals surface area contributed by atoms with Crippen LogP contribution in [0.3, 0.4) is 0 Å². The third kappa shape index (κ3) is 2.81. The molecule has 1 aromatic rings. The molecule has 2 aliphatic rings. The SMILES string of the molecule is Cc1nc(CC(=O)N2[C@H](C(=O)O)C[C@H]3CCCC[C@@H]32)cs1. The lowest BCUT2D eigenvalue weighted by Gasteiger charge is -2.32. The largest absolute Gasteiger partial charge is 0.480 e. The van der Waals surface area contributed by atoms with Crippen molar-refractivity contribution < 1.29 is 14.7 Å². The summed E-state index contributed by atoms with van der Waals surface area (Å²) in [5, 5.41) is 12.3. The molecule has 5 nitrogen and oxygen atoms in total. The second kappa shape index (κ2) is 5.75. The van der Waals surface area contributed by atoms with E-state index in [1.54, 1.807) is 4.90 Å². The minimum atomic E-state index is -0.868. The molecule has 0 unspecified atom stereocenters. The monoisotopic (exact) mass is 308 g/mol. The molecule has 0 spiro atoms. The number of aromatic nitrogens is 1. The Labute approximate surface area is 128 Å². The first kappa shape index (κ1) is 14.5. The number of thiazole rings is 1. The molecule has 6 heteroatoms. The lowest BCUT2D eigenvalue weighted by atomic mass is 9.84. The van der Waals surface area contributed by atoms with Crippen molar-refractivity contribution in [3.05, 3.63) is 16.1 Å². The first-order valence-corrected chi connectivity index (χ1v) is 8.39. The predicted octanol–water partition coefficient (Wildman–Crippen LogP) is 2.24. The molecule has 1 aliphatic heterocycles. The van der Waals surface area contributed by atoms with Gasteiger partial charge in [-0.2, -0.15) is 0 Å². The van der Waals surface area contributed by atoms with Crippen molar-refractivity contribution in [2.24, 2.45) is 5.92 Å². The number of carbonyl (C=O) groups excluding carboxylic acids is 1. The summed E-state index contributed by atoms with van der Waals surface area (Å²) < 4.78 is 0. The van der Waals surface area contributed by atoms with E-state index in [2.05, 4.69) is 4.98 Å². The smallest absolute Gasteiger partial charge is 0.326 e. The lowest BCUT2D eigenvalue weighted by molar-refractivity contribution is -0.149. The van der Waals surface area contributed by atoms with Crippen LogP contribution in [0.2, 0.25) is 0 Å². The van der Waals surface area contributed by atoms with Gasteiger partial charge in [-0.05, 0) is 32.1 Å². The van der Waals surface area contributed by atoms with Crippen molar-refractivity contribution in [3.8, 4) is 0 Å². The molecule has 2 fully saturated rings. The fraction of sp³-hybridized carbons (Fsp3) is 0.667. The Balaban J connectivity index is 1.79. The molecule has 3 atom stereocenters. The van der Waals surface area contributed by atoms with E-state index < -0.39 is 12.0 Å². The Kier molecular flexibility index (Phi) is 3.97. The molecule has 21 heavy (non-hydrogen) atoms. The Morgan fingerprint density at radius 1 is 1.43 bits per heavy atom. The summed E-state index contributed by atoms with van der Waals surface area (Å²) in [5.74, 6) is -0.588. The minimum absolute atomic E-state index is 0.0814. The van der Waals surface area contributed by atoms with E-state index in [4.69, 9.17) is 0 Å². The molecule has 1 amide bonds. The number of nitrogens with zero attached hydrogens (tertiary/aromatic N) is 2. The van der Waals surface area contributed by atoms with Gasteiger partial charge in [-0.1, -0.05) is 12.8 Å². The van der Waals surface area contributed by atoms with Crippen LogP contribution in [0.5, 0.6) is 0 Å². The molecule has 0 bridgehead atoms. The van der Waals surface area contributed by atoms with E-state index in [-0.39, 0.29) is 18.4 Å². The van der Waals surface area contributed by atoms with Crippen molar-refractivity contribution in [3.63, 3.8) is 0 Å². The van der Waals surface area contributed by atoms with E-state index in [9.17, 15) is 14.7 Å². The molecular weight excluding hydrogens is 288 g/mol. The number of hydrogen-bond donors (Lipinski definition) is 1. The number of rotatable bonds is 3. The molecule has 2 heterocycles. The highest BCUT2D eigenvalue weighted by molar-refractivity contribution is 7.09. The van der Waals surface area contributed by atoms with Crippen LogP contribution in [0.1, 0.15) is 42.8 Å². The average Bonchev–Trinajstić information content (AvgIpc) is 3.02. The minimum Gasteiger partial charge on any atom is -0.480 e. The third-order valence-corrected chi connectivity index (χ3v) is 5.48. The fourth-order valence-corrected chi connectivity index (χ4v) is 4.39. The van der Waals surface area contributed by atoms with Crippen LogP contribution in [0.4, 0.5) is 0 Å². The Hall–Kier alpha value is -1.43. The number of carboxylic acids is 1. The van der Waals surface area contributed by atoms with Gasteiger partial charge in [0.25, 0.3) is 0 Å². The second-order valence-corrected chi connectivity index (χ2v) is 7.10. The maximum Gasteiger partial charge on any atom is 0.326 e. The number of carbonyl (C=O) groups is 2. The first-order chi connectivity index (χ1) is 10.1. The van der Waals surface area contributed by atoms with Gasteiger partial charge >= 0.3 is 5.97 Å². The molecule has 114 valence electrons.